The molecule has 8 heteroatoms. The van der Waals surface area contributed by atoms with Crippen molar-refractivity contribution in [3.05, 3.63) is 40.5 Å². The maximum Gasteiger partial charge on any atom is 0.419 e. The number of hydrogen-bond donors (Lipinski definition) is 1. The summed E-state index contributed by atoms with van der Waals surface area (Å²) in [7, 11) is 0. The standard InChI is InChI=1S/C11H7BrF3N3O/c12-7-5-17-10(16)18-9(7)19-8-4-2-1-3-6(8)11(13,14)15/h1-5H,(H2,16,17,18). The number of anilines is 1. The summed E-state index contributed by atoms with van der Waals surface area (Å²) in [4.78, 5) is 7.39. The Morgan fingerprint density at radius 2 is 1.89 bits per heavy atom. The van der Waals surface area contributed by atoms with E-state index in [1.165, 1.54) is 24.4 Å². The van der Waals surface area contributed by atoms with E-state index in [1.54, 1.807) is 0 Å². The van der Waals surface area contributed by atoms with Crippen molar-refractivity contribution in [2.45, 2.75) is 6.18 Å². The SMILES string of the molecule is Nc1ncc(Br)c(Oc2ccccc2C(F)(F)F)n1. The minimum atomic E-state index is -4.51. The third-order valence-electron chi connectivity index (χ3n) is 2.13. The van der Waals surface area contributed by atoms with Gasteiger partial charge in [0.05, 0.1) is 16.2 Å². The second kappa shape index (κ2) is 5.04. The Balaban J connectivity index is 2.41. The first-order valence-electron chi connectivity index (χ1n) is 5.00. The topological polar surface area (TPSA) is 61.0 Å². The molecule has 0 radical (unpaired) electrons. The Labute approximate surface area is 114 Å². The zero-order valence-corrected chi connectivity index (χ0v) is 10.9. The van der Waals surface area contributed by atoms with Crippen LogP contribution >= 0.6 is 15.9 Å². The highest BCUT2D eigenvalue weighted by atomic mass is 79.9. The molecule has 0 bridgehead atoms. The van der Waals surface area contributed by atoms with Gasteiger partial charge < -0.3 is 10.5 Å². The predicted octanol–water partition coefficient (Wildman–Crippen LogP) is 3.63. The van der Waals surface area contributed by atoms with Crippen molar-refractivity contribution in [3.8, 4) is 11.6 Å². The molecule has 0 atom stereocenters. The smallest absolute Gasteiger partial charge is 0.419 e. The van der Waals surface area contributed by atoms with Gasteiger partial charge in [0, 0.05) is 0 Å². The summed E-state index contributed by atoms with van der Waals surface area (Å²) in [6.45, 7) is 0. The maximum absolute atomic E-state index is 12.8. The first-order valence-corrected chi connectivity index (χ1v) is 5.79. The monoisotopic (exact) mass is 333 g/mol. The van der Waals surface area contributed by atoms with Gasteiger partial charge in [-0.25, -0.2) is 4.98 Å². The first-order chi connectivity index (χ1) is 8.88. The van der Waals surface area contributed by atoms with E-state index in [1.807, 2.05) is 0 Å². The van der Waals surface area contributed by atoms with Crippen LogP contribution in [-0.4, -0.2) is 9.97 Å². The van der Waals surface area contributed by atoms with Crippen molar-refractivity contribution in [2.24, 2.45) is 0 Å². The number of nitrogens with zero attached hydrogens (tertiary/aromatic N) is 2. The molecule has 2 rings (SSSR count). The number of nitrogens with two attached hydrogens (primary N) is 1. The lowest BCUT2D eigenvalue weighted by molar-refractivity contribution is -0.138. The van der Waals surface area contributed by atoms with Crippen LogP contribution in [0.5, 0.6) is 11.6 Å². The average molecular weight is 334 g/mol. The molecular formula is C11H7BrF3N3O. The van der Waals surface area contributed by atoms with E-state index < -0.39 is 11.7 Å². The number of ether oxygens (including phenoxy) is 1. The lowest BCUT2D eigenvalue weighted by atomic mass is 10.2. The number of benzene rings is 1. The molecule has 0 aliphatic carbocycles. The van der Waals surface area contributed by atoms with Crippen molar-refractivity contribution in [1.29, 1.82) is 0 Å². The van der Waals surface area contributed by atoms with E-state index >= 15 is 0 Å². The van der Waals surface area contributed by atoms with E-state index in [0.717, 1.165) is 6.07 Å². The van der Waals surface area contributed by atoms with Crippen molar-refractivity contribution in [2.75, 3.05) is 5.73 Å². The Kier molecular flexibility index (Phi) is 3.61. The summed E-state index contributed by atoms with van der Waals surface area (Å²) < 4.78 is 43.8. The van der Waals surface area contributed by atoms with Gasteiger partial charge in [-0.3, -0.25) is 0 Å². The molecule has 0 aliphatic heterocycles. The molecule has 0 unspecified atom stereocenters. The molecule has 100 valence electrons. The number of para-hydroxylation sites is 1. The third-order valence-corrected chi connectivity index (χ3v) is 2.67. The molecule has 0 saturated heterocycles. The van der Waals surface area contributed by atoms with Crippen LogP contribution in [0.15, 0.2) is 34.9 Å². The summed E-state index contributed by atoms with van der Waals surface area (Å²) in [6.07, 6.45) is -3.21. The maximum atomic E-state index is 12.8. The van der Waals surface area contributed by atoms with Gasteiger partial charge in [0.15, 0.2) is 0 Å². The molecule has 0 aliphatic rings. The quantitative estimate of drug-likeness (QED) is 0.911. The van der Waals surface area contributed by atoms with E-state index in [2.05, 4.69) is 25.9 Å². The number of alkyl halides is 3. The van der Waals surface area contributed by atoms with Crippen molar-refractivity contribution < 1.29 is 17.9 Å². The number of halogens is 4. The minimum absolute atomic E-state index is 0.0794. The molecule has 4 nitrogen and oxygen atoms in total. The average Bonchev–Trinajstić information content (AvgIpc) is 2.33. The Bertz CT molecular complexity index is 604. The Morgan fingerprint density at radius 1 is 1.21 bits per heavy atom. The zero-order chi connectivity index (χ0) is 14.0. The van der Waals surface area contributed by atoms with Gasteiger partial charge in [-0.05, 0) is 28.1 Å². The Morgan fingerprint density at radius 3 is 2.58 bits per heavy atom. The first kappa shape index (κ1) is 13.6. The van der Waals surface area contributed by atoms with Crippen LogP contribution in [0.3, 0.4) is 0 Å². The van der Waals surface area contributed by atoms with Crippen LogP contribution in [-0.2, 0) is 6.18 Å². The van der Waals surface area contributed by atoms with E-state index in [9.17, 15) is 13.2 Å². The van der Waals surface area contributed by atoms with E-state index in [-0.39, 0.29) is 17.6 Å². The van der Waals surface area contributed by atoms with Gasteiger partial charge >= 0.3 is 6.18 Å². The fourth-order valence-electron chi connectivity index (χ4n) is 1.33. The van der Waals surface area contributed by atoms with Crippen molar-refractivity contribution in [3.63, 3.8) is 0 Å². The second-order valence-corrected chi connectivity index (χ2v) is 4.33. The van der Waals surface area contributed by atoms with Crippen molar-refractivity contribution in [1.82, 2.24) is 9.97 Å². The summed E-state index contributed by atoms with van der Waals surface area (Å²) in [6, 6.07) is 4.84. The molecule has 2 aromatic rings. The van der Waals surface area contributed by atoms with Gasteiger partial charge in [0.1, 0.15) is 5.75 Å². The van der Waals surface area contributed by atoms with Gasteiger partial charge in [-0.2, -0.15) is 18.2 Å². The lowest BCUT2D eigenvalue weighted by Gasteiger charge is -2.13. The van der Waals surface area contributed by atoms with Gasteiger partial charge in [0.25, 0.3) is 0 Å². The molecular weight excluding hydrogens is 327 g/mol. The van der Waals surface area contributed by atoms with Crippen LogP contribution in [0, 0.1) is 0 Å². The lowest BCUT2D eigenvalue weighted by Crippen LogP contribution is -2.07. The van der Waals surface area contributed by atoms with Gasteiger partial charge in [0.2, 0.25) is 11.8 Å². The molecule has 0 fully saturated rings. The van der Waals surface area contributed by atoms with Crippen LogP contribution in [0.2, 0.25) is 0 Å². The predicted molar refractivity (Wildman–Crippen MR) is 65.7 cm³/mol. The van der Waals surface area contributed by atoms with E-state index in [4.69, 9.17) is 10.5 Å². The molecule has 0 spiro atoms. The molecule has 2 N–H and O–H groups in total. The summed E-state index contributed by atoms with van der Waals surface area (Å²) in [5, 5.41) is 0. The highest BCUT2D eigenvalue weighted by Gasteiger charge is 2.34. The number of nitrogen functional groups attached to an aromatic ring is 1. The molecule has 1 aromatic carbocycles. The normalized spacial score (nSPS) is 11.4. The van der Waals surface area contributed by atoms with Gasteiger partial charge in [-0.1, -0.05) is 12.1 Å². The highest BCUT2D eigenvalue weighted by molar-refractivity contribution is 9.10. The Hall–Kier alpha value is -1.83. The molecule has 1 heterocycles. The second-order valence-electron chi connectivity index (χ2n) is 3.48. The summed E-state index contributed by atoms with van der Waals surface area (Å²) in [5.74, 6) is -0.527. The molecule has 0 amide bonds. The van der Waals surface area contributed by atoms with Gasteiger partial charge in [-0.15, -0.1) is 0 Å². The summed E-state index contributed by atoms with van der Waals surface area (Å²) in [5.41, 5.74) is 4.47. The molecule has 19 heavy (non-hydrogen) atoms. The third kappa shape index (κ3) is 3.14. The number of aromatic nitrogens is 2. The van der Waals surface area contributed by atoms with Crippen molar-refractivity contribution >= 4 is 21.9 Å². The number of hydrogen-bond acceptors (Lipinski definition) is 4. The van der Waals surface area contributed by atoms with Crippen LogP contribution in [0.1, 0.15) is 5.56 Å². The molecule has 1 aromatic heterocycles. The van der Waals surface area contributed by atoms with Crippen LogP contribution in [0.4, 0.5) is 19.1 Å². The van der Waals surface area contributed by atoms with Crippen LogP contribution < -0.4 is 10.5 Å². The van der Waals surface area contributed by atoms with Crippen LogP contribution in [0.25, 0.3) is 0 Å². The largest absolute Gasteiger partial charge is 0.437 e. The molecule has 0 saturated carbocycles. The fourth-order valence-corrected chi connectivity index (χ4v) is 1.60. The summed E-state index contributed by atoms with van der Waals surface area (Å²) >= 11 is 3.08. The zero-order valence-electron chi connectivity index (χ0n) is 9.28. The number of rotatable bonds is 2. The fraction of sp³-hybridized carbons (Fsp3) is 0.0909. The highest BCUT2D eigenvalue weighted by Crippen LogP contribution is 2.38. The minimum Gasteiger partial charge on any atom is -0.437 e. The van der Waals surface area contributed by atoms with E-state index in [0.29, 0.717) is 4.47 Å².